The van der Waals surface area contributed by atoms with Gasteiger partial charge in [0.05, 0.1) is 11.4 Å². The monoisotopic (exact) mass is 290 g/mol. The number of hydrogen-bond donors (Lipinski definition) is 2. The van der Waals surface area contributed by atoms with Crippen LogP contribution in [0.3, 0.4) is 0 Å². The maximum atomic E-state index is 5.89. The lowest BCUT2D eigenvalue weighted by atomic mass is 10.1. The molecule has 0 radical (unpaired) electrons. The molecule has 2 nitrogen and oxygen atoms in total. The minimum Gasteiger partial charge on any atom is -0.397 e. The number of nitrogens with one attached hydrogen (secondary N) is 1. The Bertz CT molecular complexity index is 506. The van der Waals surface area contributed by atoms with Crippen molar-refractivity contribution >= 4 is 27.3 Å². The maximum absolute atomic E-state index is 5.89. The standard InChI is InChI=1S/C14H15BrN2/c1-10-2-4-11(5-3-10)9-17-14-8-12(15)6-7-13(14)16/h2-8,17H,9,16H2,1H3. The van der Waals surface area contributed by atoms with Crippen molar-refractivity contribution < 1.29 is 0 Å². The Morgan fingerprint density at radius 3 is 2.53 bits per heavy atom. The molecule has 0 unspecified atom stereocenters. The topological polar surface area (TPSA) is 38.0 Å². The average Bonchev–Trinajstić information content (AvgIpc) is 2.32. The number of rotatable bonds is 3. The summed E-state index contributed by atoms with van der Waals surface area (Å²) in [5.74, 6) is 0. The van der Waals surface area contributed by atoms with Crippen LogP contribution >= 0.6 is 15.9 Å². The summed E-state index contributed by atoms with van der Waals surface area (Å²) in [6.07, 6.45) is 0. The van der Waals surface area contributed by atoms with E-state index in [9.17, 15) is 0 Å². The fourth-order valence-electron chi connectivity index (χ4n) is 1.58. The molecule has 0 amide bonds. The van der Waals surface area contributed by atoms with Crippen LogP contribution in [0.1, 0.15) is 11.1 Å². The lowest BCUT2D eigenvalue weighted by Gasteiger charge is -2.10. The molecule has 0 spiro atoms. The summed E-state index contributed by atoms with van der Waals surface area (Å²) < 4.78 is 1.03. The van der Waals surface area contributed by atoms with Crippen molar-refractivity contribution in [2.24, 2.45) is 0 Å². The van der Waals surface area contributed by atoms with Crippen LogP contribution in [0.4, 0.5) is 11.4 Å². The molecule has 3 N–H and O–H groups in total. The highest BCUT2D eigenvalue weighted by molar-refractivity contribution is 9.10. The number of halogens is 1. The van der Waals surface area contributed by atoms with Crippen LogP contribution in [0, 0.1) is 6.92 Å². The molecule has 0 aliphatic heterocycles. The summed E-state index contributed by atoms with van der Waals surface area (Å²) in [7, 11) is 0. The third kappa shape index (κ3) is 3.24. The second-order valence-corrected chi connectivity index (χ2v) is 4.99. The van der Waals surface area contributed by atoms with Gasteiger partial charge in [-0.2, -0.15) is 0 Å². The molecular weight excluding hydrogens is 276 g/mol. The molecule has 0 saturated heterocycles. The van der Waals surface area contributed by atoms with Gasteiger partial charge in [-0.15, -0.1) is 0 Å². The summed E-state index contributed by atoms with van der Waals surface area (Å²) in [4.78, 5) is 0. The molecule has 3 heteroatoms. The smallest absolute Gasteiger partial charge is 0.0587 e. The van der Waals surface area contributed by atoms with Gasteiger partial charge in [0.1, 0.15) is 0 Å². The number of anilines is 2. The highest BCUT2D eigenvalue weighted by Crippen LogP contribution is 2.23. The molecular formula is C14H15BrN2. The SMILES string of the molecule is Cc1ccc(CNc2cc(Br)ccc2N)cc1. The largest absolute Gasteiger partial charge is 0.397 e. The van der Waals surface area contributed by atoms with E-state index in [0.717, 1.165) is 22.4 Å². The first-order valence-electron chi connectivity index (χ1n) is 5.49. The quantitative estimate of drug-likeness (QED) is 0.840. The average molecular weight is 291 g/mol. The van der Waals surface area contributed by atoms with Crippen LogP contribution in [-0.4, -0.2) is 0 Å². The molecule has 0 aromatic heterocycles. The zero-order valence-electron chi connectivity index (χ0n) is 9.70. The molecule has 2 aromatic carbocycles. The van der Waals surface area contributed by atoms with Gasteiger partial charge in [0.2, 0.25) is 0 Å². The van der Waals surface area contributed by atoms with E-state index in [2.05, 4.69) is 52.4 Å². The first kappa shape index (κ1) is 12.0. The molecule has 0 bridgehead atoms. The van der Waals surface area contributed by atoms with Crippen molar-refractivity contribution in [1.82, 2.24) is 0 Å². The van der Waals surface area contributed by atoms with Gasteiger partial charge < -0.3 is 11.1 Å². The molecule has 2 rings (SSSR count). The number of hydrogen-bond acceptors (Lipinski definition) is 2. The van der Waals surface area contributed by atoms with Gasteiger partial charge in [-0.05, 0) is 30.7 Å². The van der Waals surface area contributed by atoms with Crippen LogP contribution in [0.15, 0.2) is 46.9 Å². The zero-order chi connectivity index (χ0) is 12.3. The van der Waals surface area contributed by atoms with Gasteiger partial charge in [0.15, 0.2) is 0 Å². The fourth-order valence-corrected chi connectivity index (χ4v) is 1.95. The third-order valence-electron chi connectivity index (χ3n) is 2.62. The number of aryl methyl sites for hydroxylation is 1. The van der Waals surface area contributed by atoms with E-state index in [4.69, 9.17) is 5.73 Å². The van der Waals surface area contributed by atoms with E-state index in [-0.39, 0.29) is 0 Å². The third-order valence-corrected chi connectivity index (χ3v) is 3.11. The fraction of sp³-hybridized carbons (Fsp3) is 0.143. The van der Waals surface area contributed by atoms with E-state index >= 15 is 0 Å². The van der Waals surface area contributed by atoms with Gasteiger partial charge in [0.25, 0.3) is 0 Å². The molecule has 17 heavy (non-hydrogen) atoms. The number of benzene rings is 2. The Morgan fingerprint density at radius 1 is 1.12 bits per heavy atom. The molecule has 2 aromatic rings. The predicted octanol–water partition coefficient (Wildman–Crippen LogP) is 3.95. The highest BCUT2D eigenvalue weighted by Gasteiger charge is 1.99. The first-order chi connectivity index (χ1) is 8.15. The van der Waals surface area contributed by atoms with Gasteiger partial charge in [0, 0.05) is 11.0 Å². The number of nitrogens with two attached hydrogens (primary N) is 1. The minimum absolute atomic E-state index is 0.764. The van der Waals surface area contributed by atoms with Crippen molar-refractivity contribution in [3.05, 3.63) is 58.1 Å². The lowest BCUT2D eigenvalue weighted by Crippen LogP contribution is -2.02. The van der Waals surface area contributed by atoms with Crippen LogP contribution in [0.25, 0.3) is 0 Å². The predicted molar refractivity (Wildman–Crippen MR) is 77.1 cm³/mol. The van der Waals surface area contributed by atoms with Crippen LogP contribution in [0.2, 0.25) is 0 Å². The van der Waals surface area contributed by atoms with Gasteiger partial charge >= 0.3 is 0 Å². The van der Waals surface area contributed by atoms with Crippen LogP contribution in [0.5, 0.6) is 0 Å². The Labute approximate surface area is 110 Å². The Kier molecular flexibility index (Phi) is 3.69. The van der Waals surface area contributed by atoms with E-state index < -0.39 is 0 Å². The van der Waals surface area contributed by atoms with Gasteiger partial charge in [-0.3, -0.25) is 0 Å². The molecule has 0 fully saturated rings. The number of nitrogen functional groups attached to an aromatic ring is 1. The Morgan fingerprint density at radius 2 is 1.82 bits per heavy atom. The first-order valence-corrected chi connectivity index (χ1v) is 6.29. The van der Waals surface area contributed by atoms with Crippen molar-refractivity contribution in [1.29, 1.82) is 0 Å². The van der Waals surface area contributed by atoms with Crippen molar-refractivity contribution in [2.45, 2.75) is 13.5 Å². The summed E-state index contributed by atoms with van der Waals surface area (Å²) in [5, 5.41) is 3.33. The Balaban J connectivity index is 2.07. The van der Waals surface area contributed by atoms with Crippen LogP contribution < -0.4 is 11.1 Å². The second-order valence-electron chi connectivity index (χ2n) is 4.07. The summed E-state index contributed by atoms with van der Waals surface area (Å²) in [6.45, 7) is 2.87. The zero-order valence-corrected chi connectivity index (χ0v) is 11.3. The minimum atomic E-state index is 0.764. The van der Waals surface area contributed by atoms with Gasteiger partial charge in [-0.25, -0.2) is 0 Å². The molecule has 0 atom stereocenters. The van der Waals surface area contributed by atoms with E-state index in [1.165, 1.54) is 11.1 Å². The Hall–Kier alpha value is -1.48. The molecule has 0 aliphatic rings. The van der Waals surface area contributed by atoms with Gasteiger partial charge in [-0.1, -0.05) is 45.8 Å². The van der Waals surface area contributed by atoms with Crippen molar-refractivity contribution in [3.8, 4) is 0 Å². The van der Waals surface area contributed by atoms with E-state index in [1.807, 2.05) is 18.2 Å². The lowest BCUT2D eigenvalue weighted by molar-refractivity contribution is 1.14. The van der Waals surface area contributed by atoms with Crippen molar-refractivity contribution in [3.63, 3.8) is 0 Å². The second kappa shape index (κ2) is 5.23. The molecule has 88 valence electrons. The summed E-state index contributed by atoms with van der Waals surface area (Å²) in [5.41, 5.74) is 10.1. The summed E-state index contributed by atoms with van der Waals surface area (Å²) in [6, 6.07) is 14.3. The summed E-state index contributed by atoms with van der Waals surface area (Å²) >= 11 is 3.44. The maximum Gasteiger partial charge on any atom is 0.0587 e. The normalized spacial score (nSPS) is 10.2. The van der Waals surface area contributed by atoms with E-state index in [0.29, 0.717) is 0 Å². The van der Waals surface area contributed by atoms with E-state index in [1.54, 1.807) is 0 Å². The highest BCUT2D eigenvalue weighted by atomic mass is 79.9. The van der Waals surface area contributed by atoms with Crippen LogP contribution in [-0.2, 0) is 6.54 Å². The van der Waals surface area contributed by atoms with Crippen molar-refractivity contribution in [2.75, 3.05) is 11.1 Å². The molecule has 0 saturated carbocycles. The molecule has 0 heterocycles. The molecule has 0 aliphatic carbocycles.